The molecule has 112 valence electrons. The summed E-state index contributed by atoms with van der Waals surface area (Å²) in [5, 5.41) is 1.07. The molecule has 1 heterocycles. The van der Waals surface area contributed by atoms with Crippen molar-refractivity contribution >= 4 is 28.5 Å². The molecule has 2 rings (SSSR count). The number of nitrogens with zero attached hydrogens (tertiary/aromatic N) is 1. The van der Waals surface area contributed by atoms with Gasteiger partial charge in [0.1, 0.15) is 5.75 Å². The maximum atomic E-state index is 11.8. The van der Waals surface area contributed by atoms with Crippen LogP contribution in [0.3, 0.4) is 0 Å². The Morgan fingerprint density at radius 1 is 1.33 bits per heavy atom. The third-order valence-corrected chi connectivity index (χ3v) is 3.44. The molecule has 1 aromatic carbocycles. The summed E-state index contributed by atoms with van der Waals surface area (Å²) < 4.78 is 10.6. The van der Waals surface area contributed by atoms with Gasteiger partial charge in [0, 0.05) is 17.6 Å². The average Bonchev–Trinajstić information content (AvgIpc) is 2.48. The Balaban J connectivity index is 2.30. The summed E-state index contributed by atoms with van der Waals surface area (Å²) in [5.74, 6) is 0.295. The van der Waals surface area contributed by atoms with Crippen molar-refractivity contribution in [2.24, 2.45) is 0 Å². The quantitative estimate of drug-likeness (QED) is 0.591. The topological polar surface area (TPSA) is 48.4 Å². The first-order valence-electron chi connectivity index (χ1n) is 7.05. The van der Waals surface area contributed by atoms with Crippen LogP contribution in [0.25, 0.3) is 10.9 Å². The molecule has 1 aromatic heterocycles. The number of aromatic nitrogens is 1. The van der Waals surface area contributed by atoms with E-state index in [1.807, 2.05) is 18.2 Å². The van der Waals surface area contributed by atoms with Crippen LogP contribution in [0.5, 0.6) is 5.75 Å². The predicted molar refractivity (Wildman–Crippen MR) is 83.1 cm³/mol. The number of rotatable bonds is 6. The number of hydrogen-bond donors (Lipinski definition) is 0. The molecule has 0 saturated carbocycles. The van der Waals surface area contributed by atoms with Crippen LogP contribution in [-0.2, 0) is 4.74 Å². The molecule has 0 saturated heterocycles. The van der Waals surface area contributed by atoms with Crippen LogP contribution in [-0.4, -0.2) is 24.2 Å². The summed E-state index contributed by atoms with van der Waals surface area (Å²) in [5.41, 5.74) is 0.979. The van der Waals surface area contributed by atoms with Crippen LogP contribution in [0, 0.1) is 0 Å². The van der Waals surface area contributed by atoms with E-state index in [1.165, 1.54) is 6.20 Å². The van der Waals surface area contributed by atoms with E-state index in [4.69, 9.17) is 21.1 Å². The maximum absolute atomic E-state index is 11.8. The van der Waals surface area contributed by atoms with Gasteiger partial charge in [0.2, 0.25) is 0 Å². The van der Waals surface area contributed by atoms with Crippen molar-refractivity contribution in [3.63, 3.8) is 0 Å². The molecule has 0 unspecified atom stereocenters. The molecule has 4 nitrogen and oxygen atoms in total. The molecule has 2 aromatic rings. The van der Waals surface area contributed by atoms with Gasteiger partial charge >= 0.3 is 5.97 Å². The average molecular weight is 308 g/mol. The highest BCUT2D eigenvalue weighted by atomic mass is 35.5. The van der Waals surface area contributed by atoms with E-state index in [1.54, 1.807) is 6.92 Å². The third-order valence-electron chi connectivity index (χ3n) is 3.04. The van der Waals surface area contributed by atoms with Gasteiger partial charge in [-0.3, -0.25) is 4.98 Å². The van der Waals surface area contributed by atoms with E-state index in [0.717, 1.165) is 18.6 Å². The number of carbonyl (C=O) groups excluding carboxylic acids is 1. The molecule has 0 fully saturated rings. The fraction of sp³-hybridized carbons (Fsp3) is 0.375. The van der Waals surface area contributed by atoms with E-state index >= 15 is 0 Å². The van der Waals surface area contributed by atoms with Crippen molar-refractivity contribution < 1.29 is 14.3 Å². The first kappa shape index (κ1) is 15.6. The second-order valence-electron chi connectivity index (χ2n) is 4.59. The molecular formula is C16H18ClNO3. The smallest absolute Gasteiger partial charge is 0.341 e. The monoisotopic (exact) mass is 307 g/mol. The summed E-state index contributed by atoms with van der Waals surface area (Å²) in [6, 6.07) is 5.47. The predicted octanol–water partition coefficient (Wildman–Crippen LogP) is 4.24. The molecule has 0 radical (unpaired) electrons. The summed E-state index contributed by atoms with van der Waals surface area (Å²) in [7, 11) is 0. The van der Waals surface area contributed by atoms with Crippen molar-refractivity contribution in [3.05, 3.63) is 35.0 Å². The van der Waals surface area contributed by atoms with Crippen molar-refractivity contribution in [1.82, 2.24) is 4.98 Å². The minimum Gasteiger partial charge on any atom is -0.494 e. The highest BCUT2D eigenvalue weighted by molar-refractivity contribution is 6.38. The molecule has 0 atom stereocenters. The lowest BCUT2D eigenvalue weighted by molar-refractivity contribution is 0.0526. The first-order chi connectivity index (χ1) is 10.2. The zero-order valence-corrected chi connectivity index (χ0v) is 12.9. The lowest BCUT2D eigenvalue weighted by Crippen LogP contribution is -2.06. The summed E-state index contributed by atoms with van der Waals surface area (Å²) in [6.07, 6.45) is 3.53. The minimum atomic E-state index is -0.458. The number of fused-ring (bicyclic) bond motifs is 1. The highest BCUT2D eigenvalue weighted by Crippen LogP contribution is 2.29. The van der Waals surface area contributed by atoms with Gasteiger partial charge in [-0.2, -0.15) is 0 Å². The highest BCUT2D eigenvalue weighted by Gasteiger charge is 2.15. The molecule has 0 spiro atoms. The summed E-state index contributed by atoms with van der Waals surface area (Å²) in [4.78, 5) is 16.0. The van der Waals surface area contributed by atoms with Gasteiger partial charge < -0.3 is 9.47 Å². The van der Waals surface area contributed by atoms with Crippen molar-refractivity contribution in [2.45, 2.75) is 26.7 Å². The zero-order valence-electron chi connectivity index (χ0n) is 12.2. The Labute approximate surface area is 129 Å². The molecule has 0 aliphatic rings. The molecule has 0 N–H and O–H groups in total. The molecule has 5 heteroatoms. The molecule has 0 bridgehead atoms. The van der Waals surface area contributed by atoms with Gasteiger partial charge in [-0.25, -0.2) is 4.79 Å². The second kappa shape index (κ2) is 7.27. The molecular weight excluding hydrogens is 290 g/mol. The number of esters is 1. The molecule has 0 aliphatic carbocycles. The van der Waals surface area contributed by atoms with E-state index < -0.39 is 5.97 Å². The van der Waals surface area contributed by atoms with Crippen molar-refractivity contribution in [2.75, 3.05) is 13.2 Å². The largest absolute Gasteiger partial charge is 0.494 e. The van der Waals surface area contributed by atoms with Crippen LogP contribution >= 0.6 is 11.6 Å². The SMILES string of the molecule is CCCCOc1ccc2c(Cl)c(C(=O)OCC)cnc2c1. The molecule has 0 amide bonds. The Morgan fingerprint density at radius 3 is 2.86 bits per heavy atom. The van der Waals surface area contributed by atoms with Crippen LogP contribution in [0.4, 0.5) is 0 Å². The lowest BCUT2D eigenvalue weighted by atomic mass is 10.1. The van der Waals surface area contributed by atoms with Crippen LogP contribution in [0.15, 0.2) is 24.4 Å². The van der Waals surface area contributed by atoms with Gasteiger partial charge in [-0.15, -0.1) is 0 Å². The third kappa shape index (κ3) is 3.64. The number of pyridine rings is 1. The van der Waals surface area contributed by atoms with Crippen LogP contribution in [0.1, 0.15) is 37.0 Å². The van der Waals surface area contributed by atoms with E-state index in [-0.39, 0.29) is 5.56 Å². The summed E-state index contributed by atoms with van der Waals surface area (Å²) in [6.45, 7) is 4.84. The standard InChI is InChI=1S/C16H18ClNO3/c1-3-5-8-21-11-6-7-12-14(9-11)18-10-13(15(12)17)16(19)20-4-2/h6-7,9-10H,3-5,8H2,1-2H3. The zero-order chi connectivity index (χ0) is 15.2. The fourth-order valence-corrected chi connectivity index (χ4v) is 2.20. The Morgan fingerprint density at radius 2 is 2.14 bits per heavy atom. The molecule has 0 aliphatic heterocycles. The number of carbonyl (C=O) groups is 1. The number of hydrogen-bond acceptors (Lipinski definition) is 4. The van der Waals surface area contributed by atoms with Gasteiger partial charge in [0.25, 0.3) is 0 Å². The Hall–Kier alpha value is -1.81. The van der Waals surface area contributed by atoms with Gasteiger partial charge in [-0.1, -0.05) is 24.9 Å². The van der Waals surface area contributed by atoms with Crippen molar-refractivity contribution in [1.29, 1.82) is 0 Å². The van der Waals surface area contributed by atoms with Gasteiger partial charge in [0.05, 0.1) is 29.3 Å². The number of benzene rings is 1. The van der Waals surface area contributed by atoms with Gasteiger partial charge in [0.15, 0.2) is 0 Å². The fourth-order valence-electron chi connectivity index (χ4n) is 1.92. The van der Waals surface area contributed by atoms with Gasteiger partial charge in [-0.05, 0) is 25.5 Å². The van der Waals surface area contributed by atoms with Crippen LogP contribution in [0.2, 0.25) is 5.02 Å². The Kier molecular flexibility index (Phi) is 5.39. The Bertz CT molecular complexity index is 643. The normalized spacial score (nSPS) is 10.6. The summed E-state index contributed by atoms with van der Waals surface area (Å²) >= 11 is 6.27. The molecule has 21 heavy (non-hydrogen) atoms. The van der Waals surface area contributed by atoms with Crippen molar-refractivity contribution in [3.8, 4) is 5.75 Å². The number of halogens is 1. The first-order valence-corrected chi connectivity index (χ1v) is 7.43. The van der Waals surface area contributed by atoms with E-state index in [0.29, 0.717) is 29.1 Å². The number of unbranched alkanes of at least 4 members (excludes halogenated alkanes) is 1. The van der Waals surface area contributed by atoms with Crippen LogP contribution < -0.4 is 4.74 Å². The van der Waals surface area contributed by atoms with E-state index in [2.05, 4.69) is 11.9 Å². The minimum absolute atomic E-state index is 0.283. The number of ether oxygens (including phenoxy) is 2. The second-order valence-corrected chi connectivity index (χ2v) is 4.97. The lowest BCUT2D eigenvalue weighted by Gasteiger charge is -2.09. The van der Waals surface area contributed by atoms with E-state index in [9.17, 15) is 4.79 Å². The maximum Gasteiger partial charge on any atom is 0.341 e.